The minimum absolute atomic E-state index is 0.0705. The fourth-order valence-corrected chi connectivity index (χ4v) is 1.81. The number of rotatable bonds is 3. The van der Waals surface area contributed by atoms with Gasteiger partial charge >= 0.3 is 0 Å². The Labute approximate surface area is 101 Å². The van der Waals surface area contributed by atoms with Crippen molar-refractivity contribution in [2.45, 2.75) is 6.42 Å². The molecule has 0 bridgehead atoms. The van der Waals surface area contributed by atoms with Crippen molar-refractivity contribution in [3.05, 3.63) is 49.5 Å². The predicted molar refractivity (Wildman–Crippen MR) is 62.0 cm³/mol. The first kappa shape index (κ1) is 12.3. The summed E-state index contributed by atoms with van der Waals surface area (Å²) >= 11 is 17.3. The van der Waals surface area contributed by atoms with Gasteiger partial charge in [-0.2, -0.15) is 0 Å². The molecule has 0 radical (unpaired) electrons. The summed E-state index contributed by atoms with van der Waals surface area (Å²) in [6.45, 7) is 3.49. The van der Waals surface area contributed by atoms with Crippen molar-refractivity contribution in [2.24, 2.45) is 0 Å². The maximum Gasteiger partial charge on any atom is 0.275 e. The molecule has 0 unspecified atom stereocenters. The maximum absolute atomic E-state index is 10.7. The Kier molecular flexibility index (Phi) is 3.97. The van der Waals surface area contributed by atoms with E-state index in [0.717, 1.165) is 0 Å². The average molecular weight is 267 g/mol. The summed E-state index contributed by atoms with van der Waals surface area (Å²) < 4.78 is 0. The molecule has 0 atom stereocenters. The van der Waals surface area contributed by atoms with E-state index >= 15 is 0 Å². The van der Waals surface area contributed by atoms with Crippen LogP contribution in [0.5, 0.6) is 0 Å². The van der Waals surface area contributed by atoms with E-state index in [1.165, 1.54) is 12.1 Å². The molecular formula is C9H6Cl3NO2. The van der Waals surface area contributed by atoms with Crippen LogP contribution in [0.15, 0.2) is 18.7 Å². The highest BCUT2D eigenvalue weighted by Gasteiger charge is 2.21. The van der Waals surface area contributed by atoms with Crippen molar-refractivity contribution < 1.29 is 4.92 Å². The lowest BCUT2D eigenvalue weighted by Crippen LogP contribution is -1.96. The molecule has 0 spiro atoms. The van der Waals surface area contributed by atoms with Crippen molar-refractivity contribution in [1.82, 2.24) is 0 Å². The van der Waals surface area contributed by atoms with Gasteiger partial charge in [0.1, 0.15) is 0 Å². The molecule has 0 saturated carbocycles. The molecule has 0 aromatic heterocycles. The monoisotopic (exact) mass is 265 g/mol. The lowest BCUT2D eigenvalue weighted by Gasteiger charge is -2.06. The number of nitro benzene ring substituents is 1. The van der Waals surface area contributed by atoms with Crippen molar-refractivity contribution in [2.75, 3.05) is 0 Å². The van der Waals surface area contributed by atoms with Gasteiger partial charge in [0.15, 0.2) is 0 Å². The minimum atomic E-state index is -0.549. The molecule has 0 amide bonds. The Morgan fingerprint density at radius 1 is 1.40 bits per heavy atom. The van der Waals surface area contributed by atoms with Crippen LogP contribution >= 0.6 is 34.8 Å². The predicted octanol–water partition coefficient (Wildman–Crippen LogP) is 4.28. The third-order valence-corrected chi connectivity index (χ3v) is 3.09. The Hall–Kier alpha value is -0.770. The second-order valence-electron chi connectivity index (χ2n) is 2.73. The van der Waals surface area contributed by atoms with E-state index in [1.54, 1.807) is 0 Å². The number of hydrogen-bond donors (Lipinski definition) is 0. The fraction of sp³-hybridized carbons (Fsp3) is 0.111. The van der Waals surface area contributed by atoms with E-state index in [0.29, 0.717) is 5.56 Å². The Morgan fingerprint density at radius 3 is 2.47 bits per heavy atom. The van der Waals surface area contributed by atoms with E-state index < -0.39 is 4.92 Å². The number of nitrogens with zero attached hydrogens (tertiary/aromatic N) is 1. The number of allylic oxidation sites excluding steroid dienone is 1. The molecule has 0 aliphatic carbocycles. The zero-order valence-electron chi connectivity index (χ0n) is 7.47. The van der Waals surface area contributed by atoms with Gasteiger partial charge in [-0.25, -0.2) is 0 Å². The molecule has 0 N–H and O–H groups in total. The van der Waals surface area contributed by atoms with Crippen molar-refractivity contribution in [3.63, 3.8) is 0 Å². The van der Waals surface area contributed by atoms with E-state index in [2.05, 4.69) is 6.58 Å². The van der Waals surface area contributed by atoms with Gasteiger partial charge in [-0.15, -0.1) is 6.58 Å². The largest absolute Gasteiger partial charge is 0.275 e. The first-order valence-corrected chi connectivity index (χ1v) is 5.04. The summed E-state index contributed by atoms with van der Waals surface area (Å²) in [6.07, 6.45) is 1.78. The summed E-state index contributed by atoms with van der Waals surface area (Å²) in [5, 5.41) is 11.0. The highest BCUT2D eigenvalue weighted by Crippen LogP contribution is 2.38. The lowest BCUT2D eigenvalue weighted by atomic mass is 10.1. The van der Waals surface area contributed by atoms with Crippen LogP contribution in [0.3, 0.4) is 0 Å². The third-order valence-electron chi connectivity index (χ3n) is 1.79. The first-order chi connectivity index (χ1) is 6.99. The molecule has 0 saturated heterocycles. The molecule has 3 nitrogen and oxygen atoms in total. The van der Waals surface area contributed by atoms with Crippen LogP contribution in [0.25, 0.3) is 0 Å². The summed E-state index contributed by atoms with van der Waals surface area (Å²) in [4.78, 5) is 10.2. The van der Waals surface area contributed by atoms with E-state index in [-0.39, 0.29) is 27.2 Å². The number of halogens is 3. The highest BCUT2D eigenvalue weighted by atomic mass is 35.5. The van der Waals surface area contributed by atoms with Gasteiger partial charge in [-0.3, -0.25) is 10.1 Å². The van der Waals surface area contributed by atoms with E-state index in [1.807, 2.05) is 0 Å². The molecule has 0 aliphatic heterocycles. The van der Waals surface area contributed by atoms with Crippen molar-refractivity contribution >= 4 is 40.5 Å². The topological polar surface area (TPSA) is 43.1 Å². The molecule has 1 aromatic rings. The third kappa shape index (κ3) is 2.43. The number of benzene rings is 1. The van der Waals surface area contributed by atoms with Crippen LogP contribution in [0.4, 0.5) is 5.69 Å². The summed E-state index contributed by atoms with van der Waals surface area (Å²) in [7, 11) is 0. The Balaban J connectivity index is 3.49. The molecule has 0 aliphatic rings. The van der Waals surface area contributed by atoms with Crippen LogP contribution < -0.4 is 0 Å². The molecule has 6 heteroatoms. The second-order valence-corrected chi connectivity index (χ2v) is 3.90. The van der Waals surface area contributed by atoms with E-state index in [9.17, 15) is 10.1 Å². The van der Waals surface area contributed by atoms with E-state index in [4.69, 9.17) is 34.8 Å². The number of hydrogen-bond acceptors (Lipinski definition) is 2. The molecule has 15 heavy (non-hydrogen) atoms. The van der Waals surface area contributed by atoms with Crippen LogP contribution in [-0.2, 0) is 6.42 Å². The minimum Gasteiger partial charge on any atom is -0.258 e. The molecular weight excluding hydrogens is 260 g/mol. The fourth-order valence-electron chi connectivity index (χ4n) is 1.12. The number of nitro groups is 1. The van der Waals surface area contributed by atoms with Crippen molar-refractivity contribution in [1.29, 1.82) is 0 Å². The molecule has 80 valence electrons. The van der Waals surface area contributed by atoms with Gasteiger partial charge in [-0.1, -0.05) is 40.9 Å². The van der Waals surface area contributed by atoms with Gasteiger partial charge in [0.25, 0.3) is 5.69 Å². The lowest BCUT2D eigenvalue weighted by molar-refractivity contribution is -0.385. The zero-order valence-corrected chi connectivity index (χ0v) is 9.73. The van der Waals surface area contributed by atoms with Crippen LogP contribution in [0, 0.1) is 10.1 Å². The first-order valence-electron chi connectivity index (χ1n) is 3.90. The van der Waals surface area contributed by atoms with Gasteiger partial charge < -0.3 is 0 Å². The summed E-state index contributed by atoms with van der Waals surface area (Å²) in [5.41, 5.74) is 0.181. The van der Waals surface area contributed by atoms with Gasteiger partial charge in [-0.05, 0) is 6.42 Å². The standard InChI is InChI=1S/C9H6Cl3NO2/c1-2-3-5-7(13(14)15)4-6(10)9(12)8(5)11/h2,4H,1,3H2. The molecule has 0 heterocycles. The summed E-state index contributed by atoms with van der Waals surface area (Å²) in [6, 6.07) is 1.19. The molecule has 1 rings (SSSR count). The van der Waals surface area contributed by atoms with Gasteiger partial charge in [0.2, 0.25) is 0 Å². The molecule has 0 fully saturated rings. The van der Waals surface area contributed by atoms with Crippen LogP contribution in [0.2, 0.25) is 15.1 Å². The quantitative estimate of drug-likeness (QED) is 0.354. The SMILES string of the molecule is C=CCc1c([N+](=O)[O-])cc(Cl)c(Cl)c1Cl. The summed E-state index contributed by atoms with van der Waals surface area (Å²) in [5.74, 6) is 0. The van der Waals surface area contributed by atoms with Gasteiger partial charge in [0.05, 0.1) is 25.6 Å². The Bertz CT molecular complexity index is 432. The molecule has 1 aromatic carbocycles. The maximum atomic E-state index is 10.7. The van der Waals surface area contributed by atoms with Crippen LogP contribution in [0.1, 0.15) is 5.56 Å². The van der Waals surface area contributed by atoms with Gasteiger partial charge in [0, 0.05) is 6.07 Å². The Morgan fingerprint density at radius 2 is 2.00 bits per heavy atom. The average Bonchev–Trinajstić information content (AvgIpc) is 2.18. The second kappa shape index (κ2) is 4.84. The van der Waals surface area contributed by atoms with Crippen molar-refractivity contribution in [3.8, 4) is 0 Å². The smallest absolute Gasteiger partial charge is 0.258 e. The van der Waals surface area contributed by atoms with Crippen LogP contribution in [-0.4, -0.2) is 4.92 Å². The highest BCUT2D eigenvalue weighted by molar-refractivity contribution is 6.48. The zero-order chi connectivity index (χ0) is 11.6. The normalized spacial score (nSPS) is 10.1.